The maximum Gasteiger partial charge on any atom is 0.326 e. The van der Waals surface area contributed by atoms with Crippen molar-refractivity contribution < 1.29 is 14.7 Å². The van der Waals surface area contributed by atoms with E-state index in [9.17, 15) is 9.59 Å². The minimum Gasteiger partial charge on any atom is -0.480 e. The van der Waals surface area contributed by atoms with Gasteiger partial charge in [-0.3, -0.25) is 9.78 Å². The van der Waals surface area contributed by atoms with Gasteiger partial charge in [0.1, 0.15) is 11.7 Å². The predicted octanol–water partition coefficient (Wildman–Crippen LogP) is 1.78. The lowest BCUT2D eigenvalue weighted by Gasteiger charge is -2.21. The minimum atomic E-state index is -1.05. The Morgan fingerprint density at radius 2 is 1.95 bits per heavy atom. The zero-order valence-corrected chi connectivity index (χ0v) is 10.7. The predicted molar refractivity (Wildman–Crippen MR) is 70.9 cm³/mol. The molecule has 5 nitrogen and oxygen atoms in total. The van der Waals surface area contributed by atoms with Crippen LogP contribution in [0.1, 0.15) is 17.4 Å². The topological polar surface area (TPSA) is 70.5 Å². The van der Waals surface area contributed by atoms with Crippen molar-refractivity contribution in [2.24, 2.45) is 0 Å². The molecular weight excluding hydrogens is 244 g/mol. The molecule has 1 atom stereocenters. The van der Waals surface area contributed by atoms with Gasteiger partial charge in [-0.1, -0.05) is 24.3 Å². The van der Waals surface area contributed by atoms with Crippen molar-refractivity contribution in [3.63, 3.8) is 0 Å². The molecule has 1 amide bonds. The third kappa shape index (κ3) is 2.40. The first-order valence-electron chi connectivity index (χ1n) is 5.86. The van der Waals surface area contributed by atoms with Crippen molar-refractivity contribution in [3.05, 3.63) is 42.2 Å². The summed E-state index contributed by atoms with van der Waals surface area (Å²) in [7, 11) is 1.46. The van der Waals surface area contributed by atoms with Crippen LogP contribution in [-0.4, -0.2) is 40.0 Å². The summed E-state index contributed by atoms with van der Waals surface area (Å²) in [5, 5.41) is 10.6. The fourth-order valence-electron chi connectivity index (χ4n) is 1.80. The zero-order valence-electron chi connectivity index (χ0n) is 10.7. The third-order valence-corrected chi connectivity index (χ3v) is 3.13. The van der Waals surface area contributed by atoms with Gasteiger partial charge in [-0.2, -0.15) is 0 Å². The number of hydrogen-bond acceptors (Lipinski definition) is 3. The zero-order chi connectivity index (χ0) is 14.0. The monoisotopic (exact) mass is 258 g/mol. The maximum atomic E-state index is 12.3. The number of carboxylic acids is 1. The molecule has 0 aliphatic carbocycles. The summed E-state index contributed by atoms with van der Waals surface area (Å²) in [6.07, 6.45) is 1.55. The molecule has 0 aliphatic rings. The number of aliphatic carboxylic acids is 1. The fourth-order valence-corrected chi connectivity index (χ4v) is 1.80. The number of fused-ring (bicyclic) bond motifs is 1. The summed E-state index contributed by atoms with van der Waals surface area (Å²) in [5.41, 5.74) is 0.272. The van der Waals surface area contributed by atoms with E-state index in [-0.39, 0.29) is 5.69 Å². The number of carbonyl (C=O) groups is 2. The van der Waals surface area contributed by atoms with Crippen molar-refractivity contribution >= 4 is 22.6 Å². The van der Waals surface area contributed by atoms with Crippen LogP contribution >= 0.6 is 0 Å². The summed E-state index contributed by atoms with van der Waals surface area (Å²) in [6.45, 7) is 1.46. The van der Waals surface area contributed by atoms with Gasteiger partial charge < -0.3 is 10.0 Å². The molecule has 0 aliphatic heterocycles. The number of carboxylic acid groups (broad SMARTS) is 1. The van der Waals surface area contributed by atoms with Crippen molar-refractivity contribution in [3.8, 4) is 0 Å². The summed E-state index contributed by atoms with van der Waals surface area (Å²) in [6, 6.07) is 8.30. The molecule has 98 valence electrons. The third-order valence-electron chi connectivity index (χ3n) is 3.13. The number of amides is 1. The van der Waals surface area contributed by atoms with Crippen molar-refractivity contribution in [1.82, 2.24) is 9.88 Å². The molecule has 1 unspecified atom stereocenters. The van der Waals surface area contributed by atoms with E-state index in [1.165, 1.54) is 18.9 Å². The van der Waals surface area contributed by atoms with Crippen LogP contribution in [0.4, 0.5) is 0 Å². The lowest BCUT2D eigenvalue weighted by Crippen LogP contribution is -2.40. The summed E-state index contributed by atoms with van der Waals surface area (Å²) >= 11 is 0. The number of pyridine rings is 1. The highest BCUT2D eigenvalue weighted by atomic mass is 16.4. The Kier molecular flexibility index (Phi) is 3.46. The molecular formula is C14H14N2O3. The SMILES string of the molecule is CC(C(=O)O)N(C)C(=O)c1nccc2ccccc12. The van der Waals surface area contributed by atoms with Gasteiger partial charge in [-0.15, -0.1) is 0 Å². The number of rotatable bonds is 3. The number of benzene rings is 1. The molecule has 1 aromatic carbocycles. The van der Waals surface area contributed by atoms with E-state index < -0.39 is 17.9 Å². The maximum absolute atomic E-state index is 12.3. The second kappa shape index (κ2) is 5.06. The molecule has 1 N–H and O–H groups in total. The molecule has 19 heavy (non-hydrogen) atoms. The number of likely N-dealkylation sites (N-methyl/N-ethyl adjacent to an activating group) is 1. The van der Waals surface area contributed by atoms with Crippen molar-refractivity contribution in [1.29, 1.82) is 0 Å². The van der Waals surface area contributed by atoms with Gasteiger partial charge in [0, 0.05) is 18.6 Å². The lowest BCUT2D eigenvalue weighted by atomic mass is 10.1. The smallest absolute Gasteiger partial charge is 0.326 e. The van der Waals surface area contributed by atoms with Crippen LogP contribution in [0, 0.1) is 0 Å². The molecule has 1 heterocycles. The first kappa shape index (κ1) is 13.0. The van der Waals surface area contributed by atoms with E-state index >= 15 is 0 Å². The van der Waals surface area contributed by atoms with E-state index in [2.05, 4.69) is 4.98 Å². The molecule has 2 rings (SSSR count). The van der Waals surface area contributed by atoms with Crippen LogP contribution in [0.3, 0.4) is 0 Å². The normalized spacial score (nSPS) is 12.1. The van der Waals surface area contributed by atoms with Gasteiger partial charge in [0.25, 0.3) is 5.91 Å². The minimum absolute atomic E-state index is 0.272. The fraction of sp³-hybridized carbons (Fsp3) is 0.214. The molecule has 0 bridgehead atoms. The van der Waals surface area contributed by atoms with Gasteiger partial charge in [0.2, 0.25) is 0 Å². The Bertz CT molecular complexity index is 634. The molecule has 0 saturated heterocycles. The largest absolute Gasteiger partial charge is 0.480 e. The first-order valence-corrected chi connectivity index (χ1v) is 5.86. The number of carbonyl (C=O) groups excluding carboxylic acids is 1. The Labute approximate surface area is 110 Å². The molecule has 0 fully saturated rings. The molecule has 2 aromatic rings. The van der Waals surface area contributed by atoms with Gasteiger partial charge in [-0.05, 0) is 18.4 Å². The first-order chi connectivity index (χ1) is 9.02. The van der Waals surface area contributed by atoms with E-state index in [0.29, 0.717) is 0 Å². The van der Waals surface area contributed by atoms with Gasteiger partial charge in [0.15, 0.2) is 0 Å². The summed E-state index contributed by atoms with van der Waals surface area (Å²) in [4.78, 5) is 28.5. The van der Waals surface area contributed by atoms with Gasteiger partial charge in [0.05, 0.1) is 0 Å². The van der Waals surface area contributed by atoms with Crippen LogP contribution in [0.5, 0.6) is 0 Å². The Hall–Kier alpha value is -2.43. The Balaban J connectivity index is 2.44. The molecule has 0 spiro atoms. The molecule has 0 saturated carbocycles. The lowest BCUT2D eigenvalue weighted by molar-refractivity contribution is -0.141. The molecule has 1 aromatic heterocycles. The number of hydrogen-bond donors (Lipinski definition) is 1. The highest BCUT2D eigenvalue weighted by molar-refractivity contribution is 6.05. The molecule has 0 radical (unpaired) electrons. The Morgan fingerprint density at radius 3 is 2.63 bits per heavy atom. The van der Waals surface area contributed by atoms with E-state index in [0.717, 1.165) is 10.8 Å². The van der Waals surface area contributed by atoms with E-state index in [1.54, 1.807) is 12.3 Å². The summed E-state index contributed by atoms with van der Waals surface area (Å²) < 4.78 is 0. The number of aromatic nitrogens is 1. The van der Waals surface area contributed by atoms with Crippen LogP contribution in [-0.2, 0) is 4.79 Å². The van der Waals surface area contributed by atoms with Crippen LogP contribution < -0.4 is 0 Å². The van der Waals surface area contributed by atoms with Crippen LogP contribution in [0.2, 0.25) is 0 Å². The van der Waals surface area contributed by atoms with Gasteiger partial charge in [-0.25, -0.2) is 4.79 Å². The average molecular weight is 258 g/mol. The van der Waals surface area contributed by atoms with Crippen LogP contribution in [0.25, 0.3) is 10.8 Å². The van der Waals surface area contributed by atoms with E-state index in [1.807, 2.05) is 24.3 Å². The standard InChI is InChI=1S/C14H14N2O3/c1-9(14(18)19)16(2)13(17)12-11-6-4-3-5-10(11)7-8-15-12/h3-9H,1-2H3,(H,18,19). The average Bonchev–Trinajstić information content (AvgIpc) is 2.44. The van der Waals surface area contributed by atoms with Crippen LogP contribution in [0.15, 0.2) is 36.5 Å². The number of nitrogens with zero attached hydrogens (tertiary/aromatic N) is 2. The molecule has 5 heteroatoms. The quantitative estimate of drug-likeness (QED) is 0.911. The highest BCUT2D eigenvalue weighted by Crippen LogP contribution is 2.18. The van der Waals surface area contributed by atoms with Crippen molar-refractivity contribution in [2.45, 2.75) is 13.0 Å². The summed E-state index contributed by atoms with van der Waals surface area (Å²) in [5.74, 6) is -1.44. The highest BCUT2D eigenvalue weighted by Gasteiger charge is 2.24. The Morgan fingerprint density at radius 1 is 1.26 bits per heavy atom. The van der Waals surface area contributed by atoms with Crippen molar-refractivity contribution in [2.75, 3.05) is 7.05 Å². The second-order valence-corrected chi connectivity index (χ2v) is 4.31. The van der Waals surface area contributed by atoms with E-state index in [4.69, 9.17) is 5.11 Å². The second-order valence-electron chi connectivity index (χ2n) is 4.31. The van der Waals surface area contributed by atoms with Gasteiger partial charge >= 0.3 is 5.97 Å².